The molecule has 0 radical (unpaired) electrons. The molecule has 1 unspecified atom stereocenters. The van der Waals surface area contributed by atoms with Crippen LogP contribution in [0.25, 0.3) is 0 Å². The van der Waals surface area contributed by atoms with Crippen molar-refractivity contribution in [2.24, 2.45) is 0 Å². The van der Waals surface area contributed by atoms with E-state index in [-0.39, 0.29) is 0 Å². The highest BCUT2D eigenvalue weighted by Gasteiger charge is 1.97. The molecule has 0 spiro atoms. The van der Waals surface area contributed by atoms with Crippen LogP contribution < -0.4 is 0 Å². The maximum Gasteiger partial charge on any atom is 0.0177 e. The molecular weight excluding hydrogens is 280 g/mol. The third-order valence-electron chi connectivity index (χ3n) is 1.72. The van der Waals surface area contributed by atoms with Gasteiger partial charge in [-0.25, -0.2) is 0 Å². The number of benzene rings is 1. The second-order valence-electron chi connectivity index (χ2n) is 2.95. The average molecular weight is 292 g/mol. The Bertz CT molecular complexity index is 243. The smallest absolute Gasteiger partial charge is 0.0177 e. The van der Waals surface area contributed by atoms with Crippen molar-refractivity contribution < 1.29 is 0 Å². The Kier molecular flexibility index (Phi) is 4.30. The van der Waals surface area contributed by atoms with E-state index in [0.29, 0.717) is 4.83 Å². The molecule has 0 bridgehead atoms. The molecule has 1 atom stereocenters. The van der Waals surface area contributed by atoms with Crippen molar-refractivity contribution in [1.29, 1.82) is 0 Å². The summed E-state index contributed by atoms with van der Waals surface area (Å²) in [5, 5.41) is 0. The minimum atomic E-state index is 0.608. The molecule has 1 aromatic carbocycles. The molecule has 0 amide bonds. The Hall–Kier alpha value is 0.180. The Morgan fingerprint density at radius 3 is 2.75 bits per heavy atom. The van der Waals surface area contributed by atoms with Gasteiger partial charge in [-0.15, -0.1) is 0 Å². The largest absolute Gasteiger partial charge is 0.0894 e. The van der Waals surface area contributed by atoms with Gasteiger partial charge in [0.15, 0.2) is 0 Å². The first kappa shape index (κ1) is 10.3. The minimum absolute atomic E-state index is 0.608. The Balaban J connectivity index is 2.52. The molecule has 12 heavy (non-hydrogen) atoms. The van der Waals surface area contributed by atoms with Gasteiger partial charge in [-0.05, 0) is 30.5 Å². The standard InChI is InChI=1S/C10H12Br2/c1-8(11)5-6-9-3-2-4-10(12)7-9/h2-4,7-8H,5-6H2,1H3. The van der Waals surface area contributed by atoms with Crippen LogP contribution in [0.5, 0.6) is 0 Å². The number of aryl methyl sites for hydroxylation is 1. The van der Waals surface area contributed by atoms with E-state index in [9.17, 15) is 0 Å². The van der Waals surface area contributed by atoms with Crippen LogP contribution in [0.4, 0.5) is 0 Å². The molecule has 0 heterocycles. The Morgan fingerprint density at radius 1 is 1.42 bits per heavy atom. The summed E-state index contributed by atoms with van der Waals surface area (Å²) >= 11 is 7.00. The third kappa shape index (κ3) is 3.72. The highest BCUT2D eigenvalue weighted by molar-refractivity contribution is 9.10. The van der Waals surface area contributed by atoms with Gasteiger partial charge in [-0.2, -0.15) is 0 Å². The number of alkyl halides is 1. The molecule has 2 heteroatoms. The molecule has 0 fully saturated rings. The summed E-state index contributed by atoms with van der Waals surface area (Å²) in [6.07, 6.45) is 2.34. The first-order valence-electron chi connectivity index (χ1n) is 4.07. The normalized spacial score (nSPS) is 12.9. The second-order valence-corrected chi connectivity index (χ2v) is 5.43. The summed E-state index contributed by atoms with van der Waals surface area (Å²) in [6.45, 7) is 2.18. The first-order valence-corrected chi connectivity index (χ1v) is 5.78. The van der Waals surface area contributed by atoms with Crippen molar-refractivity contribution >= 4 is 31.9 Å². The lowest BCUT2D eigenvalue weighted by Gasteiger charge is -2.03. The minimum Gasteiger partial charge on any atom is -0.0894 e. The van der Waals surface area contributed by atoms with Crippen molar-refractivity contribution in [2.45, 2.75) is 24.6 Å². The summed E-state index contributed by atoms with van der Waals surface area (Å²) in [4.78, 5) is 0.608. The molecule has 0 aromatic heterocycles. The van der Waals surface area contributed by atoms with E-state index in [0.717, 1.165) is 6.42 Å². The zero-order valence-electron chi connectivity index (χ0n) is 7.06. The van der Waals surface area contributed by atoms with Crippen molar-refractivity contribution in [3.63, 3.8) is 0 Å². The molecule has 1 aromatic rings. The van der Waals surface area contributed by atoms with E-state index in [1.807, 2.05) is 0 Å². The van der Waals surface area contributed by atoms with Crippen LogP contribution in [0.3, 0.4) is 0 Å². The summed E-state index contributed by atoms with van der Waals surface area (Å²) in [7, 11) is 0. The van der Waals surface area contributed by atoms with Gasteiger partial charge >= 0.3 is 0 Å². The van der Waals surface area contributed by atoms with E-state index in [2.05, 4.69) is 63.0 Å². The number of hydrogen-bond acceptors (Lipinski definition) is 0. The zero-order valence-corrected chi connectivity index (χ0v) is 10.2. The lowest BCUT2D eigenvalue weighted by Crippen LogP contribution is -1.93. The van der Waals surface area contributed by atoms with Crippen LogP contribution in [0.2, 0.25) is 0 Å². The van der Waals surface area contributed by atoms with Crippen LogP contribution in [0, 0.1) is 0 Å². The molecule has 0 nitrogen and oxygen atoms in total. The van der Waals surface area contributed by atoms with Crippen molar-refractivity contribution in [1.82, 2.24) is 0 Å². The Morgan fingerprint density at radius 2 is 2.17 bits per heavy atom. The van der Waals surface area contributed by atoms with Gasteiger partial charge in [-0.1, -0.05) is 50.9 Å². The molecule has 0 saturated heterocycles. The van der Waals surface area contributed by atoms with Gasteiger partial charge in [-0.3, -0.25) is 0 Å². The highest BCUT2D eigenvalue weighted by atomic mass is 79.9. The van der Waals surface area contributed by atoms with Crippen LogP contribution in [-0.4, -0.2) is 4.83 Å². The fraction of sp³-hybridized carbons (Fsp3) is 0.400. The van der Waals surface area contributed by atoms with Crippen molar-refractivity contribution in [3.8, 4) is 0 Å². The number of hydrogen-bond donors (Lipinski definition) is 0. The zero-order chi connectivity index (χ0) is 8.97. The summed E-state index contributed by atoms with van der Waals surface area (Å²) in [5.74, 6) is 0. The topological polar surface area (TPSA) is 0 Å². The molecular formula is C10H12Br2. The lowest BCUT2D eigenvalue weighted by molar-refractivity contribution is 0.821. The number of rotatable bonds is 3. The maximum atomic E-state index is 3.54. The van der Waals surface area contributed by atoms with Crippen molar-refractivity contribution in [3.05, 3.63) is 34.3 Å². The Labute approximate surface area is 90.6 Å². The molecule has 66 valence electrons. The van der Waals surface area contributed by atoms with Crippen LogP contribution in [0.15, 0.2) is 28.7 Å². The molecule has 0 N–H and O–H groups in total. The van der Waals surface area contributed by atoms with Gasteiger partial charge in [0.1, 0.15) is 0 Å². The van der Waals surface area contributed by atoms with E-state index in [1.54, 1.807) is 0 Å². The van der Waals surface area contributed by atoms with Crippen LogP contribution in [0.1, 0.15) is 18.9 Å². The van der Waals surface area contributed by atoms with Gasteiger partial charge in [0.05, 0.1) is 0 Å². The summed E-state index contributed by atoms with van der Waals surface area (Å²) < 4.78 is 1.17. The maximum absolute atomic E-state index is 3.54. The van der Waals surface area contributed by atoms with Gasteiger partial charge in [0, 0.05) is 9.30 Å². The fourth-order valence-corrected chi connectivity index (χ4v) is 1.73. The monoisotopic (exact) mass is 290 g/mol. The predicted molar refractivity (Wildman–Crippen MR) is 60.9 cm³/mol. The summed E-state index contributed by atoms with van der Waals surface area (Å²) in [6, 6.07) is 8.48. The molecule has 1 rings (SSSR count). The summed E-state index contributed by atoms with van der Waals surface area (Å²) in [5.41, 5.74) is 1.40. The second kappa shape index (κ2) is 5.03. The number of halogens is 2. The molecule has 0 aliphatic carbocycles. The molecule has 0 saturated carbocycles. The first-order chi connectivity index (χ1) is 5.68. The predicted octanol–water partition coefficient (Wildman–Crippen LogP) is 4.17. The quantitative estimate of drug-likeness (QED) is 0.734. The molecule has 0 aliphatic heterocycles. The van der Waals surface area contributed by atoms with Gasteiger partial charge in [0.25, 0.3) is 0 Å². The van der Waals surface area contributed by atoms with Crippen LogP contribution >= 0.6 is 31.9 Å². The molecule has 0 aliphatic rings. The van der Waals surface area contributed by atoms with Gasteiger partial charge in [0.2, 0.25) is 0 Å². The average Bonchev–Trinajstić information content (AvgIpc) is 2.01. The van der Waals surface area contributed by atoms with E-state index >= 15 is 0 Å². The van der Waals surface area contributed by atoms with Crippen molar-refractivity contribution in [2.75, 3.05) is 0 Å². The van der Waals surface area contributed by atoms with Gasteiger partial charge < -0.3 is 0 Å². The lowest BCUT2D eigenvalue weighted by atomic mass is 10.1. The third-order valence-corrected chi connectivity index (χ3v) is 2.67. The highest BCUT2D eigenvalue weighted by Crippen LogP contribution is 2.15. The van der Waals surface area contributed by atoms with E-state index < -0.39 is 0 Å². The van der Waals surface area contributed by atoms with Crippen LogP contribution in [-0.2, 0) is 6.42 Å². The SMILES string of the molecule is CC(Br)CCc1cccc(Br)c1. The van der Waals surface area contributed by atoms with E-state index in [1.165, 1.54) is 16.5 Å². The van der Waals surface area contributed by atoms with E-state index in [4.69, 9.17) is 0 Å². The fourth-order valence-electron chi connectivity index (χ4n) is 1.06.